The Morgan fingerprint density at radius 2 is 1.06 bits per heavy atom. The highest BCUT2D eigenvalue weighted by Crippen LogP contribution is 2.41. The molecule has 2 heterocycles. The summed E-state index contributed by atoms with van der Waals surface area (Å²) >= 11 is 0. The van der Waals surface area contributed by atoms with Crippen LogP contribution < -0.4 is 10.6 Å². The molecule has 0 aromatic carbocycles. The van der Waals surface area contributed by atoms with Crippen molar-refractivity contribution in [3.05, 3.63) is 0 Å². The van der Waals surface area contributed by atoms with Gasteiger partial charge in [-0.15, -0.1) is 0 Å². The molecule has 0 aromatic rings. The van der Waals surface area contributed by atoms with E-state index in [1.807, 2.05) is 20.8 Å². The summed E-state index contributed by atoms with van der Waals surface area (Å²) in [5.74, 6) is -7.63. The van der Waals surface area contributed by atoms with Crippen molar-refractivity contribution in [2.24, 2.45) is 11.8 Å². The van der Waals surface area contributed by atoms with E-state index in [1.54, 1.807) is 16.7 Å². The van der Waals surface area contributed by atoms with Crippen molar-refractivity contribution in [2.75, 3.05) is 115 Å². The highest BCUT2D eigenvalue weighted by Gasteiger charge is 2.53. The molecule has 2 N–H and O–H groups in total. The first-order valence-electron chi connectivity index (χ1n) is 27.8. The average molecular weight is 1100 g/mol. The molecule has 4 rings (SSSR count). The summed E-state index contributed by atoms with van der Waals surface area (Å²) in [5, 5.41) is 5.35. The molecule has 438 valence electrons. The second kappa shape index (κ2) is 29.0. The van der Waals surface area contributed by atoms with Gasteiger partial charge in [-0.25, -0.2) is 0 Å². The van der Waals surface area contributed by atoms with Gasteiger partial charge in [-0.1, -0.05) is 59.8 Å². The third-order valence-electron chi connectivity index (χ3n) is 16.2. The first-order valence-corrected chi connectivity index (χ1v) is 27.8. The van der Waals surface area contributed by atoms with Gasteiger partial charge in [-0.3, -0.25) is 57.5 Å². The maximum atomic E-state index is 15.0. The summed E-state index contributed by atoms with van der Waals surface area (Å²) in [5.41, 5.74) is -1.35. The van der Waals surface area contributed by atoms with Gasteiger partial charge in [0.2, 0.25) is 70.9 Å². The largest absolute Gasteiger partial charge is 0.345 e. The fourth-order valence-electron chi connectivity index (χ4n) is 10.9. The molecule has 4 fully saturated rings. The molecule has 2 aliphatic heterocycles. The van der Waals surface area contributed by atoms with Crippen LogP contribution in [-0.4, -0.2) is 265 Å². The average Bonchev–Trinajstić information content (AvgIpc) is 4.14. The van der Waals surface area contributed by atoms with Crippen LogP contribution in [0.3, 0.4) is 0 Å². The summed E-state index contributed by atoms with van der Waals surface area (Å²) in [7, 11) is 11.2. The summed E-state index contributed by atoms with van der Waals surface area (Å²) in [6, 6.07) is -3.93. The third kappa shape index (κ3) is 16.6. The van der Waals surface area contributed by atoms with E-state index in [1.165, 1.54) is 76.0 Å². The highest BCUT2D eigenvalue weighted by atomic mass is 16.2. The standard InChI is InChI=1S/C54H90N12O12/c1-13-37(4)49-52(77)61(9)33-46(72)60(8)32-45(71)59(7)31-44(70)57(5)30-41(67)55-29-43(69)58(6)35-48(74)66(38-21-15-16-22-38)54(23-17-18-24-54)53(78)62(10)34-47(73)64(12)40(51(76)65-25-19-14-20-26-65)28-42(68)63(11)39(27-36(2)3)50(75)56-49/h36-40,49H,13-35H2,1-12H3,(H,55,67)(H,56,75)/t37-,39?,40?,49?/m0/s1. The molecule has 1 spiro atoms. The zero-order chi connectivity index (χ0) is 58.3. The minimum atomic E-state index is -1.35. The molecule has 4 aliphatic rings. The lowest BCUT2D eigenvalue weighted by Crippen LogP contribution is -2.64. The minimum absolute atomic E-state index is 0.132. The maximum absolute atomic E-state index is 15.0. The van der Waals surface area contributed by atoms with Crippen molar-refractivity contribution in [1.82, 2.24) is 59.6 Å². The lowest BCUT2D eigenvalue weighted by atomic mass is 9.90. The van der Waals surface area contributed by atoms with Crippen LogP contribution in [0.5, 0.6) is 0 Å². The second-order valence-electron chi connectivity index (χ2n) is 22.7. The molecule has 2 aliphatic carbocycles. The first kappa shape index (κ1) is 64.2. The van der Waals surface area contributed by atoms with Crippen molar-refractivity contribution < 1.29 is 57.5 Å². The number of hydrogen-bond donors (Lipinski definition) is 2. The number of nitrogens with one attached hydrogen (secondary N) is 2. The topological polar surface area (TPSA) is 261 Å². The van der Waals surface area contributed by atoms with Gasteiger partial charge in [0.25, 0.3) is 0 Å². The Morgan fingerprint density at radius 1 is 0.564 bits per heavy atom. The fraction of sp³-hybridized carbons (Fsp3) is 0.778. The van der Waals surface area contributed by atoms with Crippen LogP contribution >= 0.6 is 0 Å². The van der Waals surface area contributed by atoms with Crippen molar-refractivity contribution in [2.45, 2.75) is 147 Å². The molecular weight excluding hydrogens is 1010 g/mol. The van der Waals surface area contributed by atoms with Crippen LogP contribution in [0.25, 0.3) is 0 Å². The number of carbonyl (C=O) groups is 12. The Kier molecular flexibility index (Phi) is 23.9. The summed E-state index contributed by atoms with van der Waals surface area (Å²) in [4.78, 5) is 181. The first-order chi connectivity index (χ1) is 36.6. The minimum Gasteiger partial charge on any atom is -0.345 e. The van der Waals surface area contributed by atoms with Crippen molar-refractivity contribution in [1.29, 1.82) is 0 Å². The van der Waals surface area contributed by atoms with Gasteiger partial charge in [0.05, 0.1) is 52.2 Å². The van der Waals surface area contributed by atoms with Crippen LogP contribution in [0.15, 0.2) is 0 Å². The Labute approximate surface area is 461 Å². The van der Waals surface area contributed by atoms with E-state index >= 15 is 4.79 Å². The quantitative estimate of drug-likeness (QED) is 0.344. The number of rotatable bonds is 6. The zero-order valence-corrected chi connectivity index (χ0v) is 48.6. The molecule has 24 nitrogen and oxygen atoms in total. The molecule has 0 radical (unpaired) electrons. The molecule has 4 atom stereocenters. The van der Waals surface area contributed by atoms with E-state index in [0.717, 1.165) is 51.7 Å². The number of carbonyl (C=O) groups excluding carboxylic acids is 12. The zero-order valence-electron chi connectivity index (χ0n) is 48.6. The molecular formula is C54H90N12O12. The van der Waals surface area contributed by atoms with Gasteiger partial charge in [0.15, 0.2) is 0 Å². The Bertz CT molecular complexity index is 2210. The Morgan fingerprint density at radius 3 is 1.60 bits per heavy atom. The predicted molar refractivity (Wildman–Crippen MR) is 288 cm³/mol. The molecule has 12 amide bonds. The van der Waals surface area contributed by atoms with Crippen molar-refractivity contribution >= 4 is 70.9 Å². The Hall–Kier alpha value is -6.36. The smallest absolute Gasteiger partial charge is 0.248 e. The summed E-state index contributed by atoms with van der Waals surface area (Å²) in [6.45, 7) is 4.89. The van der Waals surface area contributed by atoms with Gasteiger partial charge in [0, 0.05) is 75.5 Å². The van der Waals surface area contributed by atoms with Gasteiger partial charge in [-0.2, -0.15) is 0 Å². The predicted octanol–water partition coefficient (Wildman–Crippen LogP) is -0.416. The van der Waals surface area contributed by atoms with E-state index in [2.05, 4.69) is 10.6 Å². The number of likely N-dealkylation sites (tertiary alicyclic amines) is 1. The number of amides is 12. The van der Waals surface area contributed by atoms with Gasteiger partial charge in [0.1, 0.15) is 23.7 Å². The number of hydrogen-bond acceptors (Lipinski definition) is 12. The second-order valence-corrected chi connectivity index (χ2v) is 22.7. The van der Waals surface area contributed by atoms with Crippen LogP contribution in [0.1, 0.15) is 118 Å². The molecule has 78 heavy (non-hydrogen) atoms. The van der Waals surface area contributed by atoms with Crippen LogP contribution in [0, 0.1) is 11.8 Å². The third-order valence-corrected chi connectivity index (χ3v) is 16.2. The lowest BCUT2D eigenvalue weighted by molar-refractivity contribution is -0.159. The molecule has 0 bridgehead atoms. The maximum Gasteiger partial charge on any atom is 0.248 e. The molecule has 2 saturated heterocycles. The van der Waals surface area contributed by atoms with Crippen LogP contribution in [0.4, 0.5) is 0 Å². The van der Waals surface area contributed by atoms with Gasteiger partial charge in [-0.05, 0) is 63.2 Å². The SMILES string of the molecule is CC[C@H](C)C1NC(=O)C(CC(C)C)N(C)C(=O)CC(C(=O)N2CCCCC2)N(C)C(=O)CN(C)C(=O)C2(CCCC2)N(C2CCCC2)C(=O)CN(C)C(=O)CNC(=O)CN(C)C(=O)CN(C)C(=O)CN(C)C(=O)CN(C)C1=O. The molecule has 2 saturated carbocycles. The van der Waals surface area contributed by atoms with E-state index < -0.39 is 153 Å². The van der Waals surface area contributed by atoms with E-state index in [9.17, 15) is 52.7 Å². The van der Waals surface area contributed by atoms with Crippen molar-refractivity contribution in [3.8, 4) is 0 Å². The lowest BCUT2D eigenvalue weighted by Gasteiger charge is -2.46. The fourth-order valence-corrected chi connectivity index (χ4v) is 10.9. The number of likely N-dealkylation sites (N-methyl/N-ethyl adjacent to an activating group) is 8. The van der Waals surface area contributed by atoms with E-state index in [0.29, 0.717) is 58.0 Å². The molecule has 24 heteroatoms. The summed E-state index contributed by atoms with van der Waals surface area (Å²) in [6.07, 6.45) is 7.22. The number of piperidine rings is 1. The van der Waals surface area contributed by atoms with Crippen molar-refractivity contribution in [3.63, 3.8) is 0 Å². The van der Waals surface area contributed by atoms with Gasteiger partial charge < -0.3 is 59.6 Å². The molecule has 0 aromatic heterocycles. The normalized spacial score (nSPS) is 25.0. The van der Waals surface area contributed by atoms with E-state index in [4.69, 9.17) is 0 Å². The monoisotopic (exact) mass is 1100 g/mol. The molecule has 3 unspecified atom stereocenters. The summed E-state index contributed by atoms with van der Waals surface area (Å²) < 4.78 is 0. The van der Waals surface area contributed by atoms with Gasteiger partial charge >= 0.3 is 0 Å². The van der Waals surface area contributed by atoms with Crippen LogP contribution in [0.2, 0.25) is 0 Å². The van der Waals surface area contributed by atoms with E-state index in [-0.39, 0.29) is 18.4 Å². The number of nitrogens with zero attached hydrogens (tertiary/aromatic N) is 10. The highest BCUT2D eigenvalue weighted by molar-refractivity contribution is 5.99. The Balaban J connectivity index is 1.73. The van der Waals surface area contributed by atoms with Crippen LogP contribution in [-0.2, 0) is 57.5 Å².